The van der Waals surface area contributed by atoms with Crippen molar-refractivity contribution < 1.29 is 14.4 Å². The molecule has 11 nitrogen and oxygen atoms in total. The summed E-state index contributed by atoms with van der Waals surface area (Å²) in [4.78, 5) is 52.8. The van der Waals surface area contributed by atoms with Crippen LogP contribution < -0.4 is 20.9 Å². The predicted octanol–water partition coefficient (Wildman–Crippen LogP) is 2.07. The molecular formula is C26H34N8O3. The number of hydrogen-bond donors (Lipinski definition) is 2. The van der Waals surface area contributed by atoms with Gasteiger partial charge in [-0.05, 0) is 49.9 Å². The molecule has 2 aromatic rings. The van der Waals surface area contributed by atoms with E-state index in [1.165, 1.54) is 0 Å². The number of nitrogens with one attached hydrogen (secondary N) is 1. The maximum Gasteiger partial charge on any atom is 0.320 e. The van der Waals surface area contributed by atoms with Crippen molar-refractivity contribution in [3.8, 4) is 0 Å². The minimum absolute atomic E-state index is 0.0703. The van der Waals surface area contributed by atoms with Gasteiger partial charge in [0.25, 0.3) is 5.91 Å². The van der Waals surface area contributed by atoms with E-state index in [4.69, 9.17) is 10.7 Å². The molecule has 3 aliphatic rings. The zero-order valence-corrected chi connectivity index (χ0v) is 21.2. The van der Waals surface area contributed by atoms with Crippen LogP contribution in [0.25, 0.3) is 0 Å². The standard InChI is InChI=1S/C26H34N8O3/c1-31-13-14-34(26(31)37)21-3-2-10-33(16-21)22-15-28-23(24(27)36)25(30-22)29-19-4-6-20(7-5-19)32-11-8-18(17-35)9-12-32/h4-7,15,17-18,21H,2-3,8-14,16H2,1H3,(H2,27,36)(H,29,30)/t21-/m1/s1. The number of urea groups is 1. The Morgan fingerprint density at radius 3 is 2.46 bits per heavy atom. The molecule has 0 radical (unpaired) electrons. The summed E-state index contributed by atoms with van der Waals surface area (Å²) < 4.78 is 0. The van der Waals surface area contributed by atoms with Crippen LogP contribution in [0.1, 0.15) is 36.2 Å². The summed E-state index contributed by atoms with van der Waals surface area (Å²) in [5.41, 5.74) is 7.53. The van der Waals surface area contributed by atoms with Crippen molar-refractivity contribution in [2.24, 2.45) is 11.7 Å². The van der Waals surface area contributed by atoms with Crippen LogP contribution in [0.3, 0.4) is 0 Å². The largest absolute Gasteiger partial charge is 0.371 e. The van der Waals surface area contributed by atoms with Crippen LogP contribution in [0.2, 0.25) is 0 Å². The molecule has 1 aromatic carbocycles. The Balaban J connectivity index is 1.30. The molecule has 0 spiro atoms. The molecule has 11 heteroatoms. The quantitative estimate of drug-likeness (QED) is 0.547. The highest BCUT2D eigenvalue weighted by Crippen LogP contribution is 2.28. The van der Waals surface area contributed by atoms with Crippen LogP contribution >= 0.6 is 0 Å². The third-order valence-corrected chi connectivity index (χ3v) is 7.63. The molecule has 0 unspecified atom stereocenters. The van der Waals surface area contributed by atoms with Crippen LogP contribution in [0, 0.1) is 5.92 Å². The van der Waals surface area contributed by atoms with Gasteiger partial charge in [-0.1, -0.05) is 0 Å². The van der Waals surface area contributed by atoms with Crippen LogP contribution in [-0.2, 0) is 4.79 Å². The topological polar surface area (TPSA) is 128 Å². The van der Waals surface area contributed by atoms with Crippen molar-refractivity contribution in [2.75, 3.05) is 61.4 Å². The first-order valence-corrected chi connectivity index (χ1v) is 12.9. The summed E-state index contributed by atoms with van der Waals surface area (Å²) in [6, 6.07) is 8.10. The van der Waals surface area contributed by atoms with E-state index in [0.717, 1.165) is 76.1 Å². The van der Waals surface area contributed by atoms with Gasteiger partial charge in [-0.3, -0.25) is 4.79 Å². The van der Waals surface area contributed by atoms with E-state index in [2.05, 4.69) is 20.1 Å². The number of rotatable bonds is 7. The highest BCUT2D eigenvalue weighted by atomic mass is 16.2. The number of primary amides is 1. The number of aldehydes is 1. The zero-order valence-electron chi connectivity index (χ0n) is 21.2. The smallest absolute Gasteiger partial charge is 0.320 e. The number of nitrogens with two attached hydrogens (primary N) is 1. The first-order valence-electron chi connectivity index (χ1n) is 12.9. The summed E-state index contributed by atoms with van der Waals surface area (Å²) in [7, 11) is 1.83. The SMILES string of the molecule is CN1CCN([C@@H]2CCCN(c3cnc(C(N)=O)c(Nc4ccc(N5CCC(C=O)CC5)cc4)n3)C2)C1=O. The Morgan fingerprint density at radius 1 is 1.05 bits per heavy atom. The second kappa shape index (κ2) is 10.6. The molecule has 1 atom stereocenters. The van der Waals surface area contributed by atoms with E-state index in [-0.39, 0.29) is 23.7 Å². The van der Waals surface area contributed by atoms with Crippen molar-refractivity contribution in [1.29, 1.82) is 0 Å². The number of amides is 3. The average Bonchev–Trinajstić information content (AvgIpc) is 3.27. The fourth-order valence-electron chi connectivity index (χ4n) is 5.41. The van der Waals surface area contributed by atoms with Gasteiger partial charge in [-0.2, -0.15) is 0 Å². The van der Waals surface area contributed by atoms with Crippen LogP contribution in [0.5, 0.6) is 0 Å². The predicted molar refractivity (Wildman–Crippen MR) is 141 cm³/mol. The van der Waals surface area contributed by atoms with E-state index in [1.807, 2.05) is 36.2 Å². The lowest BCUT2D eigenvalue weighted by Crippen LogP contribution is -2.49. The lowest BCUT2D eigenvalue weighted by atomic mass is 9.98. The number of carbonyl (C=O) groups is 3. The number of benzene rings is 1. The van der Waals surface area contributed by atoms with E-state index in [0.29, 0.717) is 18.2 Å². The number of anilines is 4. The minimum Gasteiger partial charge on any atom is -0.371 e. The molecule has 3 saturated heterocycles. The fourth-order valence-corrected chi connectivity index (χ4v) is 5.41. The lowest BCUT2D eigenvalue weighted by molar-refractivity contribution is -0.111. The third kappa shape index (κ3) is 5.30. The second-order valence-electron chi connectivity index (χ2n) is 10.1. The molecule has 3 aliphatic heterocycles. The van der Waals surface area contributed by atoms with Gasteiger partial charge < -0.3 is 35.4 Å². The molecule has 0 saturated carbocycles. The van der Waals surface area contributed by atoms with Crippen molar-refractivity contribution in [2.45, 2.75) is 31.7 Å². The van der Waals surface area contributed by atoms with Gasteiger partial charge in [-0.25, -0.2) is 14.8 Å². The summed E-state index contributed by atoms with van der Waals surface area (Å²) in [5, 5.41) is 3.22. The summed E-state index contributed by atoms with van der Waals surface area (Å²) in [5.74, 6) is 0.455. The summed E-state index contributed by atoms with van der Waals surface area (Å²) in [6.45, 7) is 4.65. The molecule has 3 fully saturated rings. The summed E-state index contributed by atoms with van der Waals surface area (Å²) >= 11 is 0. The maximum absolute atomic E-state index is 12.5. The molecule has 196 valence electrons. The summed E-state index contributed by atoms with van der Waals surface area (Å²) in [6.07, 6.45) is 6.27. The van der Waals surface area contributed by atoms with Gasteiger partial charge in [0, 0.05) is 63.6 Å². The maximum atomic E-state index is 12.5. The van der Waals surface area contributed by atoms with Crippen LogP contribution in [-0.4, -0.2) is 90.4 Å². The van der Waals surface area contributed by atoms with Gasteiger partial charge >= 0.3 is 6.03 Å². The third-order valence-electron chi connectivity index (χ3n) is 7.63. The monoisotopic (exact) mass is 506 g/mol. The van der Waals surface area contributed by atoms with Gasteiger partial charge in [0.1, 0.15) is 12.1 Å². The first kappa shape index (κ1) is 24.8. The second-order valence-corrected chi connectivity index (χ2v) is 10.1. The molecule has 1 aromatic heterocycles. The first-order chi connectivity index (χ1) is 17.9. The van der Waals surface area contributed by atoms with E-state index >= 15 is 0 Å². The minimum atomic E-state index is -0.654. The van der Waals surface area contributed by atoms with Gasteiger partial charge in [0.15, 0.2) is 11.5 Å². The molecule has 4 heterocycles. The lowest BCUT2D eigenvalue weighted by Gasteiger charge is -2.37. The zero-order chi connectivity index (χ0) is 25.9. The molecule has 37 heavy (non-hydrogen) atoms. The molecular weight excluding hydrogens is 472 g/mol. The van der Waals surface area contributed by atoms with Crippen molar-refractivity contribution in [3.63, 3.8) is 0 Å². The number of likely N-dealkylation sites (N-methyl/N-ethyl adjacent to an activating group) is 1. The Hall–Kier alpha value is -3.89. The highest BCUT2D eigenvalue weighted by Gasteiger charge is 2.34. The molecule has 0 bridgehead atoms. The van der Waals surface area contributed by atoms with Crippen molar-refractivity contribution >= 4 is 41.2 Å². The number of aromatic nitrogens is 2. The van der Waals surface area contributed by atoms with Gasteiger partial charge in [-0.15, -0.1) is 0 Å². The molecule has 3 amide bonds. The van der Waals surface area contributed by atoms with Crippen LogP contribution in [0.4, 0.5) is 27.8 Å². The Morgan fingerprint density at radius 2 is 1.81 bits per heavy atom. The highest BCUT2D eigenvalue weighted by molar-refractivity contribution is 5.96. The fraction of sp³-hybridized carbons (Fsp3) is 0.500. The Labute approximate surface area is 216 Å². The van der Waals surface area contributed by atoms with E-state index < -0.39 is 5.91 Å². The van der Waals surface area contributed by atoms with E-state index in [1.54, 1.807) is 11.1 Å². The normalized spacial score (nSPS) is 20.9. The van der Waals surface area contributed by atoms with Gasteiger partial charge in [0.05, 0.1) is 12.2 Å². The Kier molecular flexibility index (Phi) is 7.11. The molecule has 5 rings (SSSR count). The van der Waals surface area contributed by atoms with Crippen molar-refractivity contribution in [3.05, 3.63) is 36.2 Å². The van der Waals surface area contributed by atoms with Gasteiger partial charge in [0.2, 0.25) is 0 Å². The molecule has 3 N–H and O–H groups in total. The number of hydrogen-bond acceptors (Lipinski definition) is 8. The number of nitrogens with zero attached hydrogens (tertiary/aromatic N) is 6. The molecule has 0 aliphatic carbocycles. The number of carbonyl (C=O) groups excluding carboxylic acids is 3. The number of piperidine rings is 2. The average molecular weight is 507 g/mol. The van der Waals surface area contributed by atoms with E-state index in [9.17, 15) is 14.4 Å². The van der Waals surface area contributed by atoms with Crippen molar-refractivity contribution in [1.82, 2.24) is 19.8 Å². The van der Waals surface area contributed by atoms with Crippen LogP contribution in [0.15, 0.2) is 30.5 Å². The Bertz CT molecular complexity index is 1150.